The summed E-state index contributed by atoms with van der Waals surface area (Å²) in [6, 6.07) is 8.10. The van der Waals surface area contributed by atoms with E-state index in [1.54, 1.807) is 11.3 Å². The van der Waals surface area contributed by atoms with E-state index in [4.69, 9.17) is 0 Å². The van der Waals surface area contributed by atoms with Crippen molar-refractivity contribution in [2.45, 2.75) is 18.9 Å². The predicted molar refractivity (Wildman–Crippen MR) is 114 cm³/mol. The van der Waals surface area contributed by atoms with Crippen molar-refractivity contribution in [2.24, 2.45) is 0 Å². The zero-order valence-electron chi connectivity index (χ0n) is 15.4. The lowest BCUT2D eigenvalue weighted by molar-refractivity contribution is -0.132. The molecule has 28 heavy (non-hydrogen) atoms. The van der Waals surface area contributed by atoms with Crippen molar-refractivity contribution in [3.8, 4) is 10.6 Å². The average molecular weight is 484 g/mol. The minimum absolute atomic E-state index is 0.0878. The van der Waals surface area contributed by atoms with Crippen LogP contribution in [0.5, 0.6) is 0 Å². The molecule has 1 aromatic heterocycles. The van der Waals surface area contributed by atoms with Crippen LogP contribution in [0.4, 0.5) is 0 Å². The van der Waals surface area contributed by atoms with Gasteiger partial charge in [0.15, 0.2) is 9.84 Å². The van der Waals surface area contributed by atoms with Gasteiger partial charge in [-0.1, -0.05) is 28.1 Å². The molecule has 6 nitrogen and oxygen atoms in total. The molecule has 0 spiro atoms. The second kappa shape index (κ2) is 8.22. The molecule has 1 atom stereocenters. The van der Waals surface area contributed by atoms with Crippen LogP contribution in [-0.4, -0.2) is 72.8 Å². The molecule has 0 N–H and O–H groups in total. The molecule has 3 heterocycles. The lowest BCUT2D eigenvalue weighted by Gasteiger charge is -2.37. The number of carbonyl (C=O) groups is 1. The largest absolute Gasteiger partial charge is 0.340 e. The summed E-state index contributed by atoms with van der Waals surface area (Å²) in [7, 11) is -2.87. The number of amides is 1. The number of carbonyl (C=O) groups excluding carboxylic acids is 1. The monoisotopic (exact) mass is 483 g/mol. The van der Waals surface area contributed by atoms with E-state index in [1.807, 2.05) is 34.5 Å². The Hall–Kier alpha value is -1.29. The Balaban J connectivity index is 1.32. The summed E-state index contributed by atoms with van der Waals surface area (Å²) in [5, 5.41) is 2.87. The van der Waals surface area contributed by atoms with Crippen LogP contribution in [0.3, 0.4) is 0 Å². The van der Waals surface area contributed by atoms with Crippen molar-refractivity contribution in [3.63, 3.8) is 0 Å². The highest BCUT2D eigenvalue weighted by molar-refractivity contribution is 9.10. The fourth-order valence-corrected chi connectivity index (χ4v) is 6.79. The summed E-state index contributed by atoms with van der Waals surface area (Å²) in [5.74, 6) is 0.642. The average Bonchev–Trinajstić information content (AvgIpc) is 3.28. The van der Waals surface area contributed by atoms with E-state index in [0.29, 0.717) is 31.7 Å². The third-order valence-electron chi connectivity index (χ3n) is 5.35. The van der Waals surface area contributed by atoms with Crippen molar-refractivity contribution in [1.29, 1.82) is 0 Å². The van der Waals surface area contributed by atoms with Crippen molar-refractivity contribution >= 4 is 43.0 Å². The second-order valence-electron chi connectivity index (χ2n) is 7.30. The Bertz CT molecular complexity index is 968. The van der Waals surface area contributed by atoms with Gasteiger partial charge in [0, 0.05) is 47.6 Å². The molecular weight excluding hydrogens is 462 g/mol. The molecule has 1 amide bonds. The number of aromatic nitrogens is 1. The molecule has 2 aliphatic heterocycles. The molecular formula is C19H22BrN3O3S2. The maximum absolute atomic E-state index is 12.7. The first kappa shape index (κ1) is 20.0. The van der Waals surface area contributed by atoms with Gasteiger partial charge in [-0.15, -0.1) is 11.3 Å². The second-order valence-corrected chi connectivity index (χ2v) is 11.3. The van der Waals surface area contributed by atoms with Crippen LogP contribution in [0, 0.1) is 0 Å². The summed E-state index contributed by atoms with van der Waals surface area (Å²) in [5.41, 5.74) is 1.84. The normalized spacial score (nSPS) is 22.5. The van der Waals surface area contributed by atoms with Gasteiger partial charge in [-0.25, -0.2) is 13.4 Å². The fourth-order valence-electron chi connectivity index (χ4n) is 3.81. The molecule has 0 aliphatic carbocycles. The van der Waals surface area contributed by atoms with E-state index in [-0.39, 0.29) is 17.7 Å². The van der Waals surface area contributed by atoms with E-state index < -0.39 is 9.84 Å². The van der Waals surface area contributed by atoms with Crippen LogP contribution in [0.2, 0.25) is 0 Å². The van der Waals surface area contributed by atoms with Crippen LogP contribution in [-0.2, 0) is 21.1 Å². The highest BCUT2D eigenvalue weighted by Crippen LogP contribution is 2.26. The van der Waals surface area contributed by atoms with Crippen molar-refractivity contribution in [1.82, 2.24) is 14.8 Å². The van der Waals surface area contributed by atoms with Crippen molar-refractivity contribution < 1.29 is 13.2 Å². The van der Waals surface area contributed by atoms with Crippen LogP contribution in [0.15, 0.2) is 34.1 Å². The molecule has 2 fully saturated rings. The van der Waals surface area contributed by atoms with Crippen molar-refractivity contribution in [2.75, 3.05) is 37.7 Å². The molecule has 2 aliphatic rings. The van der Waals surface area contributed by atoms with Gasteiger partial charge < -0.3 is 4.90 Å². The first-order valence-corrected chi connectivity index (χ1v) is 12.8. The Morgan fingerprint density at radius 3 is 2.71 bits per heavy atom. The Labute approximate surface area is 177 Å². The highest BCUT2D eigenvalue weighted by atomic mass is 79.9. The highest BCUT2D eigenvalue weighted by Gasteiger charge is 2.34. The summed E-state index contributed by atoms with van der Waals surface area (Å²) in [6.45, 7) is 2.79. The van der Waals surface area contributed by atoms with E-state index in [9.17, 15) is 13.2 Å². The molecule has 0 radical (unpaired) electrons. The molecule has 150 valence electrons. The third-order valence-corrected chi connectivity index (χ3v) is 8.53. The Kier molecular flexibility index (Phi) is 5.87. The van der Waals surface area contributed by atoms with Gasteiger partial charge >= 0.3 is 0 Å². The first-order valence-electron chi connectivity index (χ1n) is 9.32. The molecule has 2 aromatic rings. The fraction of sp³-hybridized carbons (Fsp3) is 0.474. The minimum Gasteiger partial charge on any atom is -0.340 e. The van der Waals surface area contributed by atoms with Gasteiger partial charge in [0.1, 0.15) is 5.01 Å². The summed E-state index contributed by atoms with van der Waals surface area (Å²) >= 11 is 5.02. The lowest BCUT2D eigenvalue weighted by Crippen LogP contribution is -2.52. The topological polar surface area (TPSA) is 70.6 Å². The minimum atomic E-state index is -2.87. The van der Waals surface area contributed by atoms with E-state index in [2.05, 4.69) is 25.8 Å². The number of thiazole rings is 1. The maximum Gasteiger partial charge on any atom is 0.228 e. The summed E-state index contributed by atoms with van der Waals surface area (Å²) < 4.78 is 24.4. The standard InChI is InChI=1S/C19H22BrN3O3S2/c20-15-3-1-2-14(10-15)19-21-16(12-27-19)11-18(24)23-7-5-22(6-8-23)17-4-9-28(25,26)13-17/h1-3,10,12,17H,4-9,11,13H2. The molecule has 9 heteroatoms. The zero-order chi connectivity index (χ0) is 19.7. The van der Waals surface area contributed by atoms with Gasteiger partial charge in [-0.05, 0) is 18.6 Å². The molecule has 0 saturated carbocycles. The zero-order valence-corrected chi connectivity index (χ0v) is 18.6. The van der Waals surface area contributed by atoms with E-state index in [0.717, 1.165) is 33.8 Å². The van der Waals surface area contributed by atoms with Gasteiger partial charge in [0.05, 0.1) is 23.6 Å². The van der Waals surface area contributed by atoms with Crippen LogP contribution < -0.4 is 0 Å². The Morgan fingerprint density at radius 2 is 2.04 bits per heavy atom. The molecule has 4 rings (SSSR count). The predicted octanol–water partition coefficient (Wildman–Crippen LogP) is 2.45. The number of benzene rings is 1. The third kappa shape index (κ3) is 4.64. The van der Waals surface area contributed by atoms with Crippen molar-refractivity contribution in [3.05, 3.63) is 39.8 Å². The number of hydrogen-bond donors (Lipinski definition) is 0. The smallest absolute Gasteiger partial charge is 0.228 e. The summed E-state index contributed by atoms with van der Waals surface area (Å²) in [4.78, 5) is 21.4. The molecule has 2 saturated heterocycles. The number of nitrogens with zero attached hydrogens (tertiary/aromatic N) is 3. The van der Waals surface area contributed by atoms with Gasteiger partial charge in [0.2, 0.25) is 5.91 Å². The van der Waals surface area contributed by atoms with E-state index in [1.165, 1.54) is 0 Å². The van der Waals surface area contributed by atoms with Gasteiger partial charge in [-0.2, -0.15) is 0 Å². The Morgan fingerprint density at radius 1 is 1.25 bits per heavy atom. The molecule has 1 unspecified atom stereocenters. The van der Waals surface area contributed by atoms with Gasteiger partial charge in [-0.3, -0.25) is 9.69 Å². The maximum atomic E-state index is 12.7. The number of rotatable bonds is 4. The molecule has 0 bridgehead atoms. The lowest BCUT2D eigenvalue weighted by atomic mass is 10.2. The van der Waals surface area contributed by atoms with Crippen LogP contribution >= 0.6 is 27.3 Å². The number of hydrogen-bond acceptors (Lipinski definition) is 6. The van der Waals surface area contributed by atoms with E-state index >= 15 is 0 Å². The van der Waals surface area contributed by atoms with Gasteiger partial charge in [0.25, 0.3) is 0 Å². The number of sulfone groups is 1. The SMILES string of the molecule is O=C(Cc1csc(-c2cccc(Br)c2)n1)N1CCN(C2CCS(=O)(=O)C2)CC1. The number of halogens is 1. The molecule has 1 aromatic carbocycles. The quantitative estimate of drug-likeness (QED) is 0.667. The first-order chi connectivity index (χ1) is 13.4. The number of piperazine rings is 1. The summed E-state index contributed by atoms with van der Waals surface area (Å²) in [6.07, 6.45) is 1.02. The van der Waals surface area contributed by atoms with Crippen LogP contribution in [0.1, 0.15) is 12.1 Å². The van der Waals surface area contributed by atoms with Crippen LogP contribution in [0.25, 0.3) is 10.6 Å².